The number of rotatable bonds is 5. The van der Waals surface area contributed by atoms with Crippen LogP contribution in [-0.2, 0) is 6.54 Å². The molecule has 0 spiro atoms. The van der Waals surface area contributed by atoms with E-state index < -0.39 is 0 Å². The van der Waals surface area contributed by atoms with Crippen LogP contribution in [0.4, 0.5) is 0 Å². The van der Waals surface area contributed by atoms with E-state index in [1.54, 1.807) is 38.5 Å². The highest BCUT2D eigenvalue weighted by Gasteiger charge is 2.16. The van der Waals surface area contributed by atoms with Crippen LogP contribution in [-0.4, -0.2) is 45.8 Å². The van der Waals surface area contributed by atoms with E-state index in [4.69, 9.17) is 0 Å². The minimum absolute atomic E-state index is 0.155. The zero-order valence-corrected chi connectivity index (χ0v) is 15.1. The molecule has 2 aromatic heterocycles. The fourth-order valence-electron chi connectivity index (χ4n) is 2.51. The zero-order valence-electron chi connectivity index (χ0n) is 15.1. The van der Waals surface area contributed by atoms with Gasteiger partial charge in [0.05, 0.1) is 11.3 Å². The third-order valence-electron chi connectivity index (χ3n) is 3.93. The Morgan fingerprint density at radius 2 is 1.81 bits per heavy atom. The molecule has 0 bridgehead atoms. The zero-order chi connectivity index (χ0) is 19.2. The first-order valence-corrected chi connectivity index (χ1v) is 8.36. The minimum Gasteiger partial charge on any atom is -0.347 e. The second kappa shape index (κ2) is 8.18. The number of carbonyl (C=O) groups excluding carboxylic acids is 2. The van der Waals surface area contributed by atoms with Crippen LogP contribution >= 0.6 is 0 Å². The Morgan fingerprint density at radius 3 is 2.48 bits per heavy atom. The Morgan fingerprint density at radius 1 is 1.04 bits per heavy atom. The van der Waals surface area contributed by atoms with Crippen molar-refractivity contribution in [2.45, 2.75) is 6.54 Å². The van der Waals surface area contributed by atoms with E-state index in [0.29, 0.717) is 23.5 Å². The molecule has 2 heterocycles. The lowest BCUT2D eigenvalue weighted by Gasteiger charge is -2.13. The molecule has 0 aliphatic heterocycles. The maximum atomic E-state index is 12.3. The van der Waals surface area contributed by atoms with Gasteiger partial charge in [0.1, 0.15) is 12.0 Å². The van der Waals surface area contributed by atoms with Crippen molar-refractivity contribution in [1.29, 1.82) is 0 Å². The van der Waals surface area contributed by atoms with Crippen LogP contribution in [0.3, 0.4) is 0 Å². The van der Waals surface area contributed by atoms with Gasteiger partial charge in [-0.05, 0) is 17.7 Å². The smallest absolute Gasteiger partial charge is 0.270 e. The van der Waals surface area contributed by atoms with Crippen molar-refractivity contribution in [3.63, 3.8) is 0 Å². The summed E-state index contributed by atoms with van der Waals surface area (Å²) in [4.78, 5) is 38.1. The van der Waals surface area contributed by atoms with Crippen LogP contribution in [0.1, 0.15) is 26.4 Å². The van der Waals surface area contributed by atoms with Gasteiger partial charge in [0.25, 0.3) is 11.8 Å². The SMILES string of the molecule is CN(C)C(=O)c1cncnc1-c1ccc(CNC(=O)c2ccccn2)cc1. The number of amides is 2. The van der Waals surface area contributed by atoms with Crippen molar-refractivity contribution in [3.8, 4) is 11.3 Å². The average Bonchev–Trinajstić information content (AvgIpc) is 2.72. The Balaban J connectivity index is 1.73. The summed E-state index contributed by atoms with van der Waals surface area (Å²) in [5, 5.41) is 2.83. The van der Waals surface area contributed by atoms with Gasteiger partial charge in [-0.1, -0.05) is 30.3 Å². The average molecular weight is 361 g/mol. The third kappa shape index (κ3) is 4.33. The van der Waals surface area contributed by atoms with Gasteiger partial charge in [-0.3, -0.25) is 14.6 Å². The maximum Gasteiger partial charge on any atom is 0.270 e. The molecule has 136 valence electrons. The van der Waals surface area contributed by atoms with Crippen molar-refractivity contribution >= 4 is 11.8 Å². The van der Waals surface area contributed by atoms with Crippen LogP contribution < -0.4 is 5.32 Å². The number of carbonyl (C=O) groups is 2. The molecule has 0 fully saturated rings. The van der Waals surface area contributed by atoms with Gasteiger partial charge in [0.15, 0.2) is 0 Å². The molecular formula is C20H19N5O2. The minimum atomic E-state index is -0.227. The van der Waals surface area contributed by atoms with E-state index in [2.05, 4.69) is 20.3 Å². The van der Waals surface area contributed by atoms with Crippen LogP contribution in [0.15, 0.2) is 61.2 Å². The lowest BCUT2D eigenvalue weighted by molar-refractivity contribution is 0.0827. The molecule has 27 heavy (non-hydrogen) atoms. The first-order chi connectivity index (χ1) is 13.1. The molecule has 2 amide bonds. The summed E-state index contributed by atoms with van der Waals surface area (Å²) in [6, 6.07) is 12.7. The molecule has 0 unspecified atom stereocenters. The van der Waals surface area contributed by atoms with Crippen LogP contribution in [0, 0.1) is 0 Å². The summed E-state index contributed by atoms with van der Waals surface area (Å²) in [7, 11) is 3.37. The fraction of sp³-hybridized carbons (Fsp3) is 0.150. The van der Waals surface area contributed by atoms with Gasteiger partial charge in [-0.2, -0.15) is 0 Å². The molecular weight excluding hydrogens is 342 g/mol. The predicted molar refractivity (Wildman–Crippen MR) is 101 cm³/mol. The Kier molecular flexibility index (Phi) is 5.51. The quantitative estimate of drug-likeness (QED) is 0.752. The van der Waals surface area contributed by atoms with Gasteiger partial charge >= 0.3 is 0 Å². The summed E-state index contributed by atoms with van der Waals surface area (Å²) >= 11 is 0. The molecule has 0 saturated heterocycles. The molecule has 0 saturated carbocycles. The summed E-state index contributed by atoms with van der Waals surface area (Å²) in [6.45, 7) is 0.378. The molecule has 0 aliphatic carbocycles. The van der Waals surface area contributed by atoms with Crippen LogP contribution in [0.25, 0.3) is 11.3 Å². The first-order valence-electron chi connectivity index (χ1n) is 8.36. The van der Waals surface area contributed by atoms with Crippen molar-refractivity contribution in [3.05, 3.63) is 78.0 Å². The van der Waals surface area contributed by atoms with Gasteiger partial charge in [-0.25, -0.2) is 9.97 Å². The summed E-state index contributed by atoms with van der Waals surface area (Å²) in [6.07, 6.45) is 4.52. The Labute approximate surface area is 157 Å². The monoisotopic (exact) mass is 361 g/mol. The van der Waals surface area contributed by atoms with Gasteiger partial charge < -0.3 is 10.2 Å². The van der Waals surface area contributed by atoms with Gasteiger partial charge in [0.2, 0.25) is 0 Å². The molecule has 3 rings (SSSR count). The fourth-order valence-corrected chi connectivity index (χ4v) is 2.51. The van der Waals surface area contributed by atoms with Crippen LogP contribution in [0.5, 0.6) is 0 Å². The van der Waals surface area contributed by atoms with E-state index >= 15 is 0 Å². The number of hydrogen-bond donors (Lipinski definition) is 1. The van der Waals surface area contributed by atoms with Gasteiger partial charge in [-0.15, -0.1) is 0 Å². The summed E-state index contributed by atoms with van der Waals surface area (Å²) < 4.78 is 0. The van der Waals surface area contributed by atoms with E-state index in [9.17, 15) is 9.59 Å². The third-order valence-corrected chi connectivity index (χ3v) is 3.93. The van der Waals surface area contributed by atoms with Crippen LogP contribution in [0.2, 0.25) is 0 Å². The molecule has 7 heteroatoms. The van der Waals surface area contributed by atoms with Crippen molar-refractivity contribution in [2.24, 2.45) is 0 Å². The Bertz CT molecular complexity index is 940. The standard InChI is InChI=1S/C20H19N5O2/c1-25(2)20(27)16-12-21-13-24-18(16)15-8-6-14(7-9-15)11-23-19(26)17-5-3-4-10-22-17/h3-10,12-13H,11H2,1-2H3,(H,23,26). The molecule has 7 nitrogen and oxygen atoms in total. The lowest BCUT2D eigenvalue weighted by atomic mass is 10.0. The largest absolute Gasteiger partial charge is 0.347 e. The van der Waals surface area contributed by atoms with E-state index in [1.165, 1.54) is 17.4 Å². The van der Waals surface area contributed by atoms with Crippen molar-refractivity contribution < 1.29 is 9.59 Å². The van der Waals surface area contributed by atoms with Crippen molar-refractivity contribution in [1.82, 2.24) is 25.2 Å². The van der Waals surface area contributed by atoms with Crippen molar-refractivity contribution in [2.75, 3.05) is 14.1 Å². The first kappa shape index (κ1) is 18.2. The predicted octanol–water partition coefficient (Wildman–Crippen LogP) is 2.17. The molecule has 3 aromatic rings. The number of benzene rings is 1. The summed E-state index contributed by atoms with van der Waals surface area (Å²) in [5.41, 5.74) is 3.13. The number of nitrogens with one attached hydrogen (secondary N) is 1. The van der Waals surface area contributed by atoms with Gasteiger partial charge in [0, 0.05) is 38.6 Å². The van der Waals surface area contributed by atoms with E-state index in [-0.39, 0.29) is 11.8 Å². The number of hydrogen-bond acceptors (Lipinski definition) is 5. The number of pyridine rings is 1. The Hall–Kier alpha value is -3.61. The lowest BCUT2D eigenvalue weighted by Crippen LogP contribution is -2.23. The highest BCUT2D eigenvalue weighted by atomic mass is 16.2. The normalized spacial score (nSPS) is 10.3. The molecule has 1 aromatic carbocycles. The second-order valence-electron chi connectivity index (χ2n) is 6.08. The number of nitrogens with zero attached hydrogens (tertiary/aromatic N) is 4. The highest BCUT2D eigenvalue weighted by molar-refractivity contribution is 5.99. The van der Waals surface area contributed by atoms with E-state index in [0.717, 1.165) is 11.1 Å². The summed E-state index contributed by atoms with van der Waals surface area (Å²) in [5.74, 6) is -0.383. The topological polar surface area (TPSA) is 88.1 Å². The highest BCUT2D eigenvalue weighted by Crippen LogP contribution is 2.22. The van der Waals surface area contributed by atoms with E-state index in [1.807, 2.05) is 24.3 Å². The maximum absolute atomic E-state index is 12.3. The molecule has 0 aliphatic rings. The molecule has 0 radical (unpaired) electrons. The second-order valence-corrected chi connectivity index (χ2v) is 6.08. The molecule has 1 N–H and O–H groups in total. The number of aromatic nitrogens is 3. The molecule has 0 atom stereocenters.